The largest absolute Gasteiger partial charge is 0.496 e. The van der Waals surface area contributed by atoms with Gasteiger partial charge in [0.05, 0.1) is 7.11 Å². The summed E-state index contributed by atoms with van der Waals surface area (Å²) in [5.41, 5.74) is 2.19. The summed E-state index contributed by atoms with van der Waals surface area (Å²) in [4.78, 5) is 25.7. The second kappa shape index (κ2) is 11.0. The van der Waals surface area contributed by atoms with Gasteiger partial charge in [0.2, 0.25) is 11.8 Å². The Labute approximate surface area is 161 Å². The Bertz CT molecular complexity index is 731. The van der Waals surface area contributed by atoms with Gasteiger partial charge < -0.3 is 15.0 Å². The van der Waals surface area contributed by atoms with Crippen molar-refractivity contribution in [1.82, 2.24) is 10.2 Å². The molecule has 2 aromatic rings. The number of nitrogens with one attached hydrogen (secondary N) is 1. The number of aryl methyl sites for hydroxylation is 1. The Kier molecular flexibility index (Phi) is 8.36. The van der Waals surface area contributed by atoms with Crippen LogP contribution in [0.5, 0.6) is 5.75 Å². The van der Waals surface area contributed by atoms with Gasteiger partial charge in [-0.25, -0.2) is 0 Å². The minimum absolute atomic E-state index is 0.000547. The van der Waals surface area contributed by atoms with E-state index in [-0.39, 0.29) is 11.8 Å². The Hall–Kier alpha value is -2.82. The van der Waals surface area contributed by atoms with Crippen LogP contribution in [0.25, 0.3) is 0 Å². The fourth-order valence-electron chi connectivity index (χ4n) is 2.91. The summed E-state index contributed by atoms with van der Waals surface area (Å²) in [6.07, 6.45) is 2.09. The lowest BCUT2D eigenvalue weighted by atomic mass is 10.1. The third kappa shape index (κ3) is 7.13. The van der Waals surface area contributed by atoms with E-state index in [4.69, 9.17) is 4.74 Å². The van der Waals surface area contributed by atoms with E-state index in [0.29, 0.717) is 26.1 Å². The normalized spacial score (nSPS) is 10.3. The molecule has 5 nitrogen and oxygen atoms in total. The van der Waals surface area contributed by atoms with Gasteiger partial charge in [0.15, 0.2) is 0 Å². The first-order valence-electron chi connectivity index (χ1n) is 9.28. The molecule has 0 aliphatic heterocycles. The molecule has 0 aromatic heterocycles. The highest BCUT2D eigenvalue weighted by Crippen LogP contribution is 2.16. The van der Waals surface area contributed by atoms with Crippen LogP contribution in [0, 0.1) is 0 Å². The molecule has 0 bridgehead atoms. The lowest BCUT2D eigenvalue weighted by Gasteiger charge is -2.21. The number of nitrogens with zero attached hydrogens (tertiary/aromatic N) is 1. The number of methoxy groups -OCH3 is 1. The highest BCUT2D eigenvalue weighted by atomic mass is 16.5. The van der Waals surface area contributed by atoms with E-state index < -0.39 is 0 Å². The van der Waals surface area contributed by atoms with Gasteiger partial charge in [-0.1, -0.05) is 48.5 Å². The SMILES string of the molecule is COc1ccccc1CNC(=O)CCN(CCCc1ccccc1)C(C)=O. The van der Waals surface area contributed by atoms with E-state index in [9.17, 15) is 9.59 Å². The summed E-state index contributed by atoms with van der Waals surface area (Å²) >= 11 is 0. The number of hydrogen-bond donors (Lipinski definition) is 1. The van der Waals surface area contributed by atoms with Gasteiger partial charge in [-0.15, -0.1) is 0 Å². The molecule has 2 aromatic carbocycles. The Morgan fingerprint density at radius 1 is 1.00 bits per heavy atom. The van der Waals surface area contributed by atoms with Gasteiger partial charge in [0.1, 0.15) is 5.75 Å². The molecule has 0 aliphatic carbocycles. The third-order valence-electron chi connectivity index (χ3n) is 4.46. The van der Waals surface area contributed by atoms with Gasteiger partial charge >= 0.3 is 0 Å². The second-order valence-corrected chi connectivity index (χ2v) is 6.43. The molecule has 0 saturated carbocycles. The fraction of sp³-hybridized carbons (Fsp3) is 0.364. The molecule has 0 heterocycles. The maximum absolute atomic E-state index is 12.1. The number of carbonyl (C=O) groups is 2. The topological polar surface area (TPSA) is 58.6 Å². The van der Waals surface area contributed by atoms with Crippen molar-refractivity contribution in [3.63, 3.8) is 0 Å². The number of carbonyl (C=O) groups excluding carboxylic acids is 2. The Morgan fingerprint density at radius 3 is 2.41 bits per heavy atom. The number of hydrogen-bond acceptors (Lipinski definition) is 3. The van der Waals surface area contributed by atoms with Gasteiger partial charge in [-0.05, 0) is 24.5 Å². The molecule has 144 valence electrons. The van der Waals surface area contributed by atoms with E-state index in [2.05, 4.69) is 17.4 Å². The van der Waals surface area contributed by atoms with Crippen LogP contribution in [0.1, 0.15) is 30.9 Å². The molecule has 0 saturated heterocycles. The van der Waals surface area contributed by atoms with Gasteiger partial charge in [-0.2, -0.15) is 0 Å². The third-order valence-corrected chi connectivity index (χ3v) is 4.46. The van der Waals surface area contributed by atoms with Crippen molar-refractivity contribution in [3.05, 3.63) is 65.7 Å². The van der Waals surface area contributed by atoms with Gasteiger partial charge in [-0.3, -0.25) is 9.59 Å². The fourth-order valence-corrected chi connectivity index (χ4v) is 2.91. The first kappa shape index (κ1) is 20.5. The summed E-state index contributed by atoms with van der Waals surface area (Å²) in [6.45, 7) is 3.05. The first-order valence-corrected chi connectivity index (χ1v) is 9.28. The van der Waals surface area contributed by atoms with Crippen molar-refractivity contribution in [2.45, 2.75) is 32.7 Å². The lowest BCUT2D eigenvalue weighted by molar-refractivity contribution is -0.129. The van der Waals surface area contributed by atoms with Gasteiger partial charge in [0.25, 0.3) is 0 Å². The summed E-state index contributed by atoms with van der Waals surface area (Å²) in [6, 6.07) is 17.8. The predicted molar refractivity (Wildman–Crippen MR) is 106 cm³/mol. The smallest absolute Gasteiger partial charge is 0.222 e. The van der Waals surface area contributed by atoms with E-state index in [1.54, 1.807) is 18.9 Å². The summed E-state index contributed by atoms with van der Waals surface area (Å²) in [5.74, 6) is 0.680. The van der Waals surface area contributed by atoms with Crippen molar-refractivity contribution in [1.29, 1.82) is 0 Å². The molecule has 27 heavy (non-hydrogen) atoms. The number of rotatable bonds is 10. The molecule has 1 N–H and O–H groups in total. The summed E-state index contributed by atoms with van der Waals surface area (Å²) in [7, 11) is 1.61. The standard InChI is InChI=1S/C22H28N2O3/c1-18(25)24(15-8-11-19-9-4-3-5-10-19)16-14-22(26)23-17-20-12-6-7-13-21(20)27-2/h3-7,9-10,12-13H,8,11,14-17H2,1-2H3,(H,23,26). The summed E-state index contributed by atoms with van der Waals surface area (Å²) in [5, 5.41) is 2.89. The molecule has 0 fully saturated rings. The van der Waals surface area contributed by atoms with Crippen molar-refractivity contribution < 1.29 is 14.3 Å². The Morgan fingerprint density at radius 2 is 1.70 bits per heavy atom. The number of para-hydroxylation sites is 1. The van der Waals surface area contributed by atoms with Crippen LogP contribution in [-0.2, 0) is 22.6 Å². The van der Waals surface area contributed by atoms with Crippen molar-refractivity contribution in [3.8, 4) is 5.75 Å². The number of ether oxygens (including phenoxy) is 1. The summed E-state index contributed by atoms with van der Waals surface area (Å²) < 4.78 is 5.28. The van der Waals surface area contributed by atoms with Crippen molar-refractivity contribution >= 4 is 11.8 Å². The van der Waals surface area contributed by atoms with Crippen LogP contribution < -0.4 is 10.1 Å². The van der Waals surface area contributed by atoms with Crippen LogP contribution >= 0.6 is 0 Å². The monoisotopic (exact) mass is 368 g/mol. The molecule has 2 amide bonds. The molecule has 0 atom stereocenters. The molecule has 0 aliphatic rings. The second-order valence-electron chi connectivity index (χ2n) is 6.43. The van der Waals surface area contributed by atoms with Crippen LogP contribution in [0.15, 0.2) is 54.6 Å². The first-order chi connectivity index (χ1) is 13.1. The van der Waals surface area contributed by atoms with E-state index >= 15 is 0 Å². The lowest BCUT2D eigenvalue weighted by Crippen LogP contribution is -2.34. The van der Waals surface area contributed by atoms with E-state index in [0.717, 1.165) is 24.2 Å². The van der Waals surface area contributed by atoms with E-state index in [1.807, 2.05) is 42.5 Å². The number of benzene rings is 2. The average molecular weight is 368 g/mol. The Balaban J connectivity index is 1.74. The zero-order chi connectivity index (χ0) is 19.5. The predicted octanol–water partition coefficient (Wildman–Crippen LogP) is 3.18. The zero-order valence-corrected chi connectivity index (χ0v) is 16.1. The quantitative estimate of drug-likeness (QED) is 0.701. The maximum atomic E-state index is 12.1. The van der Waals surface area contributed by atoms with Gasteiger partial charge in [0, 0.05) is 38.5 Å². The van der Waals surface area contributed by atoms with E-state index in [1.165, 1.54) is 5.56 Å². The molecule has 5 heteroatoms. The van der Waals surface area contributed by atoms with Crippen LogP contribution in [0.4, 0.5) is 0 Å². The molecular weight excluding hydrogens is 340 g/mol. The molecule has 2 rings (SSSR count). The van der Waals surface area contributed by atoms with Crippen LogP contribution in [0.2, 0.25) is 0 Å². The molecule has 0 spiro atoms. The zero-order valence-electron chi connectivity index (χ0n) is 16.1. The molecule has 0 unspecified atom stereocenters. The minimum Gasteiger partial charge on any atom is -0.496 e. The molecule has 0 radical (unpaired) electrons. The van der Waals surface area contributed by atoms with Crippen LogP contribution in [-0.4, -0.2) is 36.9 Å². The number of amides is 2. The average Bonchev–Trinajstić information content (AvgIpc) is 2.69. The minimum atomic E-state index is -0.0739. The molecular formula is C22H28N2O3. The van der Waals surface area contributed by atoms with Crippen LogP contribution in [0.3, 0.4) is 0 Å². The maximum Gasteiger partial charge on any atom is 0.222 e. The van der Waals surface area contributed by atoms with Crippen molar-refractivity contribution in [2.24, 2.45) is 0 Å². The van der Waals surface area contributed by atoms with Crippen molar-refractivity contribution in [2.75, 3.05) is 20.2 Å². The highest BCUT2D eigenvalue weighted by Gasteiger charge is 2.11. The highest BCUT2D eigenvalue weighted by molar-refractivity contribution is 5.78.